The second-order valence-electron chi connectivity index (χ2n) is 4.69. The molecule has 0 amide bonds. The summed E-state index contributed by atoms with van der Waals surface area (Å²) in [6.45, 7) is 2.16. The summed E-state index contributed by atoms with van der Waals surface area (Å²) in [5.74, 6) is 1.74. The van der Waals surface area contributed by atoms with E-state index in [9.17, 15) is 0 Å². The summed E-state index contributed by atoms with van der Waals surface area (Å²) in [6, 6.07) is 16.7. The van der Waals surface area contributed by atoms with Crippen molar-refractivity contribution < 1.29 is 4.74 Å². The molecule has 0 fully saturated rings. The zero-order valence-corrected chi connectivity index (χ0v) is 12.8. The van der Waals surface area contributed by atoms with Gasteiger partial charge in [-0.3, -0.25) is 0 Å². The predicted molar refractivity (Wildman–Crippen MR) is 86.5 cm³/mol. The molecule has 0 aliphatic heterocycles. The molecule has 0 aliphatic carbocycles. The van der Waals surface area contributed by atoms with E-state index >= 15 is 0 Å². The van der Waals surface area contributed by atoms with Crippen LogP contribution in [0.25, 0.3) is 0 Å². The van der Waals surface area contributed by atoms with Crippen molar-refractivity contribution in [3.05, 3.63) is 59.7 Å². The van der Waals surface area contributed by atoms with Crippen molar-refractivity contribution in [3.8, 4) is 5.75 Å². The molecule has 2 nitrogen and oxygen atoms in total. The minimum Gasteiger partial charge on any atom is -0.497 e. The van der Waals surface area contributed by atoms with Crippen LogP contribution in [0.2, 0.25) is 0 Å². The van der Waals surface area contributed by atoms with E-state index in [-0.39, 0.29) is 6.04 Å². The maximum absolute atomic E-state index is 6.25. The van der Waals surface area contributed by atoms with Crippen LogP contribution in [0, 0.1) is 0 Å². The summed E-state index contributed by atoms with van der Waals surface area (Å²) >= 11 is 1.76. The lowest BCUT2D eigenvalue weighted by atomic mass is 10.1. The Morgan fingerprint density at radius 2 is 1.90 bits per heavy atom. The monoisotopic (exact) mass is 287 g/mol. The summed E-state index contributed by atoms with van der Waals surface area (Å²) in [6.07, 6.45) is 1.06. The lowest BCUT2D eigenvalue weighted by Gasteiger charge is -2.12. The topological polar surface area (TPSA) is 35.2 Å². The van der Waals surface area contributed by atoms with Gasteiger partial charge in [-0.25, -0.2) is 0 Å². The van der Waals surface area contributed by atoms with Gasteiger partial charge in [0.2, 0.25) is 0 Å². The van der Waals surface area contributed by atoms with E-state index in [4.69, 9.17) is 10.5 Å². The number of benzene rings is 2. The average molecular weight is 287 g/mol. The fourth-order valence-electron chi connectivity index (χ4n) is 1.97. The zero-order valence-electron chi connectivity index (χ0n) is 12.0. The van der Waals surface area contributed by atoms with E-state index in [1.54, 1.807) is 18.9 Å². The quantitative estimate of drug-likeness (QED) is 0.814. The van der Waals surface area contributed by atoms with Gasteiger partial charge in [0, 0.05) is 16.7 Å². The zero-order chi connectivity index (χ0) is 14.4. The SMILES string of the molecule is CCc1ccc(C(N)CSc2cccc(OC)c2)cc1. The summed E-state index contributed by atoms with van der Waals surface area (Å²) in [5.41, 5.74) is 8.79. The highest BCUT2D eigenvalue weighted by Crippen LogP contribution is 2.26. The molecular formula is C17H21NOS. The molecule has 106 valence electrons. The molecular weight excluding hydrogens is 266 g/mol. The first kappa shape index (κ1) is 14.9. The van der Waals surface area contributed by atoms with Crippen molar-refractivity contribution in [1.82, 2.24) is 0 Å². The van der Waals surface area contributed by atoms with E-state index < -0.39 is 0 Å². The normalized spacial score (nSPS) is 12.2. The van der Waals surface area contributed by atoms with Crippen molar-refractivity contribution in [2.24, 2.45) is 5.73 Å². The molecule has 0 saturated carbocycles. The molecule has 0 aliphatic rings. The number of hydrogen-bond acceptors (Lipinski definition) is 3. The minimum atomic E-state index is 0.0529. The summed E-state index contributed by atoms with van der Waals surface area (Å²) in [4.78, 5) is 1.19. The third-order valence-electron chi connectivity index (χ3n) is 3.29. The van der Waals surface area contributed by atoms with Crippen molar-refractivity contribution in [3.63, 3.8) is 0 Å². The Labute approximate surface area is 125 Å². The fourth-order valence-corrected chi connectivity index (χ4v) is 2.91. The molecule has 0 heterocycles. The molecule has 2 aromatic rings. The van der Waals surface area contributed by atoms with Crippen LogP contribution in [0.4, 0.5) is 0 Å². The van der Waals surface area contributed by atoms with Crippen molar-refractivity contribution in [2.75, 3.05) is 12.9 Å². The highest BCUT2D eigenvalue weighted by atomic mass is 32.2. The van der Waals surface area contributed by atoms with Gasteiger partial charge in [-0.15, -0.1) is 11.8 Å². The number of methoxy groups -OCH3 is 1. The van der Waals surface area contributed by atoms with E-state index in [1.165, 1.54) is 16.0 Å². The minimum absolute atomic E-state index is 0.0529. The van der Waals surface area contributed by atoms with Crippen molar-refractivity contribution >= 4 is 11.8 Å². The number of ether oxygens (including phenoxy) is 1. The van der Waals surface area contributed by atoms with Crippen LogP contribution >= 0.6 is 11.8 Å². The lowest BCUT2D eigenvalue weighted by molar-refractivity contribution is 0.413. The Morgan fingerprint density at radius 1 is 1.15 bits per heavy atom. The van der Waals surface area contributed by atoms with Gasteiger partial charge in [-0.1, -0.05) is 37.3 Å². The summed E-state index contributed by atoms with van der Waals surface area (Å²) in [7, 11) is 1.69. The first-order valence-electron chi connectivity index (χ1n) is 6.84. The van der Waals surface area contributed by atoms with Gasteiger partial charge in [0.15, 0.2) is 0 Å². The Kier molecular flexibility index (Phi) is 5.50. The molecule has 0 saturated heterocycles. The van der Waals surface area contributed by atoms with Gasteiger partial charge in [0.05, 0.1) is 7.11 Å². The molecule has 2 N–H and O–H groups in total. The second kappa shape index (κ2) is 7.36. The summed E-state index contributed by atoms with van der Waals surface area (Å²) in [5, 5.41) is 0. The van der Waals surface area contributed by atoms with E-state index in [1.807, 2.05) is 18.2 Å². The molecule has 20 heavy (non-hydrogen) atoms. The van der Waals surface area contributed by atoms with Crippen LogP contribution in [-0.2, 0) is 6.42 Å². The molecule has 1 atom stereocenters. The Morgan fingerprint density at radius 3 is 2.55 bits per heavy atom. The molecule has 0 radical (unpaired) electrons. The predicted octanol–water partition coefficient (Wildman–Crippen LogP) is 4.05. The maximum Gasteiger partial charge on any atom is 0.119 e. The third-order valence-corrected chi connectivity index (χ3v) is 4.40. The number of thioether (sulfide) groups is 1. The van der Waals surface area contributed by atoms with E-state index in [0.717, 1.165) is 17.9 Å². The number of hydrogen-bond donors (Lipinski definition) is 1. The van der Waals surface area contributed by atoms with Crippen LogP contribution in [0.1, 0.15) is 24.1 Å². The van der Waals surface area contributed by atoms with Crippen molar-refractivity contribution in [2.45, 2.75) is 24.3 Å². The molecule has 3 heteroatoms. The standard InChI is InChI=1S/C17H21NOS/c1-3-13-7-9-14(10-8-13)17(18)12-20-16-6-4-5-15(11-16)19-2/h4-11,17H,3,12,18H2,1-2H3. The molecule has 1 unspecified atom stereocenters. The summed E-state index contributed by atoms with van der Waals surface area (Å²) < 4.78 is 5.23. The van der Waals surface area contributed by atoms with Crippen molar-refractivity contribution in [1.29, 1.82) is 0 Å². The highest BCUT2D eigenvalue weighted by molar-refractivity contribution is 7.99. The van der Waals surface area contributed by atoms with E-state index in [2.05, 4.69) is 37.3 Å². The molecule has 0 bridgehead atoms. The van der Waals surface area contributed by atoms with Gasteiger partial charge in [-0.2, -0.15) is 0 Å². The number of aryl methyl sites for hydroxylation is 1. The average Bonchev–Trinajstić information content (AvgIpc) is 2.53. The van der Waals surface area contributed by atoms with Crippen LogP contribution in [0.5, 0.6) is 5.75 Å². The van der Waals surface area contributed by atoms with E-state index in [0.29, 0.717) is 0 Å². The first-order chi connectivity index (χ1) is 9.72. The highest BCUT2D eigenvalue weighted by Gasteiger charge is 2.07. The van der Waals surface area contributed by atoms with Gasteiger partial charge in [0.25, 0.3) is 0 Å². The Hall–Kier alpha value is -1.45. The van der Waals surface area contributed by atoms with Crippen LogP contribution in [-0.4, -0.2) is 12.9 Å². The van der Waals surface area contributed by atoms with Crippen LogP contribution < -0.4 is 10.5 Å². The van der Waals surface area contributed by atoms with Gasteiger partial charge >= 0.3 is 0 Å². The maximum atomic E-state index is 6.25. The molecule has 0 aromatic heterocycles. The lowest BCUT2D eigenvalue weighted by Crippen LogP contribution is -2.12. The third kappa shape index (κ3) is 4.02. The largest absolute Gasteiger partial charge is 0.497 e. The number of rotatable bonds is 6. The fraction of sp³-hybridized carbons (Fsp3) is 0.294. The molecule has 2 aromatic carbocycles. The number of nitrogens with two attached hydrogens (primary N) is 1. The molecule has 0 spiro atoms. The molecule has 2 rings (SSSR count). The van der Waals surface area contributed by atoms with Crippen LogP contribution in [0.15, 0.2) is 53.4 Å². The Balaban J connectivity index is 1.95. The first-order valence-corrected chi connectivity index (χ1v) is 7.82. The smallest absolute Gasteiger partial charge is 0.119 e. The van der Waals surface area contributed by atoms with Crippen LogP contribution in [0.3, 0.4) is 0 Å². The van der Waals surface area contributed by atoms with Gasteiger partial charge < -0.3 is 10.5 Å². The second-order valence-corrected chi connectivity index (χ2v) is 5.79. The van der Waals surface area contributed by atoms with Gasteiger partial charge in [0.1, 0.15) is 5.75 Å². The Bertz CT molecular complexity index is 539. The van der Waals surface area contributed by atoms with Gasteiger partial charge in [-0.05, 0) is 35.7 Å².